The number of hydrogen-bond acceptors (Lipinski definition) is 0. The minimum atomic E-state index is 1.07. The number of aryl methyl sites for hydroxylation is 1. The SMILES string of the molecule is C=CCCc1ccc(C2=CCC2)cc1. The van der Waals surface area contributed by atoms with E-state index in [1.807, 2.05) is 6.08 Å². The van der Waals surface area contributed by atoms with Crippen molar-refractivity contribution in [3.05, 3.63) is 54.1 Å². The molecule has 0 bridgehead atoms. The lowest BCUT2D eigenvalue weighted by Crippen LogP contribution is -1.93. The summed E-state index contributed by atoms with van der Waals surface area (Å²) in [6.45, 7) is 3.73. The monoisotopic (exact) mass is 184 g/mol. The molecule has 0 nitrogen and oxygen atoms in total. The minimum Gasteiger partial charge on any atom is -0.103 e. The summed E-state index contributed by atoms with van der Waals surface area (Å²) in [6, 6.07) is 8.95. The van der Waals surface area contributed by atoms with Crippen molar-refractivity contribution in [2.45, 2.75) is 25.7 Å². The molecular weight excluding hydrogens is 168 g/mol. The van der Waals surface area contributed by atoms with Crippen molar-refractivity contribution in [2.24, 2.45) is 0 Å². The van der Waals surface area contributed by atoms with Crippen molar-refractivity contribution < 1.29 is 0 Å². The van der Waals surface area contributed by atoms with Gasteiger partial charge in [-0.15, -0.1) is 6.58 Å². The number of hydrogen-bond donors (Lipinski definition) is 0. The topological polar surface area (TPSA) is 0 Å². The Kier molecular flexibility index (Phi) is 2.83. The van der Waals surface area contributed by atoms with Crippen molar-refractivity contribution in [1.29, 1.82) is 0 Å². The summed E-state index contributed by atoms with van der Waals surface area (Å²) in [5, 5.41) is 0. The fraction of sp³-hybridized carbons (Fsp3) is 0.286. The Morgan fingerprint density at radius 2 is 1.93 bits per heavy atom. The average molecular weight is 184 g/mol. The molecule has 14 heavy (non-hydrogen) atoms. The third kappa shape index (κ3) is 1.95. The lowest BCUT2D eigenvalue weighted by atomic mass is 9.91. The first kappa shape index (κ1) is 9.26. The third-order valence-corrected chi connectivity index (χ3v) is 2.77. The molecule has 0 unspecified atom stereocenters. The largest absolute Gasteiger partial charge is 0.103 e. The van der Waals surface area contributed by atoms with Crippen LogP contribution in [-0.4, -0.2) is 0 Å². The van der Waals surface area contributed by atoms with Crippen LogP contribution in [0.1, 0.15) is 30.4 Å². The average Bonchev–Trinajstić information content (AvgIpc) is 2.14. The first-order valence-corrected chi connectivity index (χ1v) is 5.29. The van der Waals surface area contributed by atoms with Crippen LogP contribution in [-0.2, 0) is 6.42 Å². The van der Waals surface area contributed by atoms with Crippen LogP contribution < -0.4 is 0 Å². The van der Waals surface area contributed by atoms with Gasteiger partial charge in [0.1, 0.15) is 0 Å². The molecule has 1 aromatic carbocycles. The van der Waals surface area contributed by atoms with Crippen LogP contribution in [0.25, 0.3) is 5.57 Å². The molecule has 0 saturated carbocycles. The lowest BCUT2D eigenvalue weighted by molar-refractivity contribution is 0.982. The Bertz CT molecular complexity index is 341. The quantitative estimate of drug-likeness (QED) is 0.621. The van der Waals surface area contributed by atoms with E-state index in [-0.39, 0.29) is 0 Å². The van der Waals surface area contributed by atoms with Gasteiger partial charge in [0, 0.05) is 0 Å². The van der Waals surface area contributed by atoms with Crippen molar-refractivity contribution in [3.8, 4) is 0 Å². The second-order valence-corrected chi connectivity index (χ2v) is 3.79. The number of benzene rings is 1. The van der Waals surface area contributed by atoms with E-state index in [2.05, 4.69) is 36.9 Å². The van der Waals surface area contributed by atoms with Crippen LogP contribution in [0.4, 0.5) is 0 Å². The highest BCUT2D eigenvalue weighted by atomic mass is 14.1. The fourth-order valence-corrected chi connectivity index (χ4v) is 1.71. The van der Waals surface area contributed by atoms with Gasteiger partial charge in [-0.05, 0) is 42.4 Å². The normalized spacial score (nSPS) is 14.4. The summed E-state index contributed by atoms with van der Waals surface area (Å²) in [5.41, 5.74) is 4.33. The van der Waals surface area contributed by atoms with Crippen LogP contribution in [0.15, 0.2) is 43.0 Å². The molecule has 0 heteroatoms. The molecule has 1 aliphatic carbocycles. The molecule has 0 fully saturated rings. The van der Waals surface area contributed by atoms with Crippen molar-refractivity contribution in [1.82, 2.24) is 0 Å². The molecule has 0 radical (unpaired) electrons. The molecule has 0 heterocycles. The molecule has 2 rings (SSSR count). The molecule has 1 aliphatic rings. The molecule has 0 saturated heterocycles. The number of rotatable bonds is 4. The zero-order chi connectivity index (χ0) is 9.80. The smallest absolute Gasteiger partial charge is 0.0227 e. The Morgan fingerprint density at radius 1 is 1.21 bits per heavy atom. The summed E-state index contributed by atoms with van der Waals surface area (Å²) >= 11 is 0. The summed E-state index contributed by atoms with van der Waals surface area (Å²) in [7, 11) is 0. The van der Waals surface area contributed by atoms with Crippen molar-refractivity contribution in [3.63, 3.8) is 0 Å². The third-order valence-electron chi connectivity index (χ3n) is 2.77. The molecule has 0 aliphatic heterocycles. The first-order chi connectivity index (χ1) is 6.90. The number of allylic oxidation sites excluding steroid dienone is 3. The van der Waals surface area contributed by atoms with E-state index in [0.29, 0.717) is 0 Å². The van der Waals surface area contributed by atoms with Gasteiger partial charge < -0.3 is 0 Å². The molecule has 72 valence electrons. The van der Waals surface area contributed by atoms with E-state index in [4.69, 9.17) is 0 Å². The van der Waals surface area contributed by atoms with Gasteiger partial charge in [0.15, 0.2) is 0 Å². The molecule has 0 aromatic heterocycles. The van der Waals surface area contributed by atoms with Gasteiger partial charge in [0.25, 0.3) is 0 Å². The summed E-state index contributed by atoms with van der Waals surface area (Å²) in [5.74, 6) is 0. The Balaban J connectivity index is 2.05. The molecule has 1 aromatic rings. The second kappa shape index (κ2) is 4.28. The van der Waals surface area contributed by atoms with Crippen LogP contribution in [0, 0.1) is 0 Å². The maximum Gasteiger partial charge on any atom is -0.0227 e. The van der Waals surface area contributed by atoms with E-state index in [1.165, 1.54) is 29.5 Å². The predicted octanol–water partition coefficient (Wildman–Crippen LogP) is 3.98. The van der Waals surface area contributed by atoms with Crippen LogP contribution >= 0.6 is 0 Å². The van der Waals surface area contributed by atoms with E-state index in [0.717, 1.165) is 12.8 Å². The lowest BCUT2D eigenvalue weighted by Gasteiger charge is -2.14. The van der Waals surface area contributed by atoms with E-state index in [9.17, 15) is 0 Å². The van der Waals surface area contributed by atoms with E-state index in [1.54, 1.807) is 0 Å². The van der Waals surface area contributed by atoms with Gasteiger partial charge in [-0.25, -0.2) is 0 Å². The van der Waals surface area contributed by atoms with Crippen molar-refractivity contribution in [2.75, 3.05) is 0 Å². The zero-order valence-electron chi connectivity index (χ0n) is 8.50. The van der Waals surface area contributed by atoms with Gasteiger partial charge in [-0.1, -0.05) is 36.4 Å². The predicted molar refractivity (Wildman–Crippen MR) is 62.2 cm³/mol. The molecule has 0 spiro atoms. The van der Waals surface area contributed by atoms with E-state index >= 15 is 0 Å². The standard InChI is InChI=1S/C14H16/c1-2-3-5-12-8-10-14(11-9-12)13-6-4-7-13/h2,6,8-11H,1,3-5,7H2. The Morgan fingerprint density at radius 3 is 2.43 bits per heavy atom. The fourth-order valence-electron chi connectivity index (χ4n) is 1.71. The highest BCUT2D eigenvalue weighted by molar-refractivity contribution is 5.69. The molecular formula is C14H16. The van der Waals surface area contributed by atoms with E-state index < -0.39 is 0 Å². The molecule has 0 amide bonds. The van der Waals surface area contributed by atoms with Gasteiger partial charge in [0.2, 0.25) is 0 Å². The van der Waals surface area contributed by atoms with Crippen molar-refractivity contribution >= 4 is 5.57 Å². The Labute approximate surface area is 86.0 Å². The first-order valence-electron chi connectivity index (χ1n) is 5.29. The Hall–Kier alpha value is -1.30. The van der Waals surface area contributed by atoms with Crippen LogP contribution in [0.3, 0.4) is 0 Å². The van der Waals surface area contributed by atoms with Gasteiger partial charge in [0.05, 0.1) is 0 Å². The molecule has 0 N–H and O–H groups in total. The van der Waals surface area contributed by atoms with Gasteiger partial charge in [-0.2, -0.15) is 0 Å². The summed E-state index contributed by atoms with van der Waals surface area (Å²) in [4.78, 5) is 0. The highest BCUT2D eigenvalue weighted by Gasteiger charge is 2.07. The minimum absolute atomic E-state index is 1.07. The maximum atomic E-state index is 3.73. The zero-order valence-corrected chi connectivity index (χ0v) is 8.50. The second-order valence-electron chi connectivity index (χ2n) is 3.79. The maximum absolute atomic E-state index is 3.73. The molecule has 0 atom stereocenters. The van der Waals surface area contributed by atoms with Crippen LogP contribution in [0.2, 0.25) is 0 Å². The highest BCUT2D eigenvalue weighted by Crippen LogP contribution is 2.28. The summed E-state index contributed by atoms with van der Waals surface area (Å²) in [6.07, 6.45) is 8.99. The summed E-state index contributed by atoms with van der Waals surface area (Å²) < 4.78 is 0. The van der Waals surface area contributed by atoms with Gasteiger partial charge >= 0.3 is 0 Å². The van der Waals surface area contributed by atoms with Crippen LogP contribution in [0.5, 0.6) is 0 Å². The van der Waals surface area contributed by atoms with Gasteiger partial charge in [-0.3, -0.25) is 0 Å².